The van der Waals surface area contributed by atoms with E-state index in [2.05, 4.69) is 0 Å². The predicted octanol–water partition coefficient (Wildman–Crippen LogP) is 3.77. The molecule has 0 heterocycles. The van der Waals surface area contributed by atoms with Crippen LogP contribution in [0.5, 0.6) is 0 Å². The van der Waals surface area contributed by atoms with Gasteiger partial charge < -0.3 is 11.5 Å². The highest BCUT2D eigenvalue weighted by atomic mass is 35.5. The Hall–Kier alpha value is 0.300. The highest BCUT2D eigenvalue weighted by Gasteiger charge is 2.15. The Morgan fingerprint density at radius 1 is 0.941 bits per heavy atom. The Bertz CT molecular complexity index is 365. The van der Waals surface area contributed by atoms with Crippen LogP contribution in [0.15, 0.2) is 6.07 Å². The zero-order valence-corrected chi connectivity index (χ0v) is 12.2. The van der Waals surface area contributed by atoms with Gasteiger partial charge in [-0.1, -0.05) is 46.4 Å². The maximum absolute atomic E-state index is 6.10. The van der Waals surface area contributed by atoms with E-state index in [0.717, 1.165) is 12.0 Å². The van der Waals surface area contributed by atoms with Gasteiger partial charge in [-0.25, -0.2) is 0 Å². The first-order valence-corrected chi connectivity index (χ1v) is 6.74. The first-order chi connectivity index (χ1) is 8.01. The second kappa shape index (κ2) is 7.03. The van der Waals surface area contributed by atoms with Crippen LogP contribution in [0.3, 0.4) is 0 Å². The third-order valence-electron chi connectivity index (χ3n) is 2.67. The van der Waals surface area contributed by atoms with Crippen molar-refractivity contribution in [3.8, 4) is 0 Å². The standard InChI is InChI=1S/C11H14Cl4N2/c12-8-3-9(13)11(15)7(10(8)14)2-1-6(4-16)5-17/h3,6H,1-2,4-5,16-17H2. The van der Waals surface area contributed by atoms with Gasteiger partial charge in [0, 0.05) is 0 Å². The molecule has 4 N–H and O–H groups in total. The number of hydrogen-bond acceptors (Lipinski definition) is 2. The molecule has 1 aromatic carbocycles. The summed E-state index contributed by atoms with van der Waals surface area (Å²) in [6, 6.07) is 1.54. The second-order valence-corrected chi connectivity index (χ2v) is 5.39. The van der Waals surface area contributed by atoms with E-state index >= 15 is 0 Å². The third-order valence-corrected chi connectivity index (χ3v) is 4.33. The number of hydrogen-bond donors (Lipinski definition) is 2. The SMILES string of the molecule is NCC(CN)CCc1c(Cl)c(Cl)cc(Cl)c1Cl. The fourth-order valence-corrected chi connectivity index (χ4v) is 2.56. The minimum absolute atomic E-state index is 0.250. The quantitative estimate of drug-likeness (QED) is 0.813. The number of rotatable bonds is 5. The van der Waals surface area contributed by atoms with Gasteiger partial charge in [-0.15, -0.1) is 0 Å². The van der Waals surface area contributed by atoms with Gasteiger partial charge in [0.05, 0.1) is 20.1 Å². The van der Waals surface area contributed by atoms with Gasteiger partial charge >= 0.3 is 0 Å². The van der Waals surface area contributed by atoms with E-state index in [1.54, 1.807) is 6.07 Å². The lowest BCUT2D eigenvalue weighted by Crippen LogP contribution is -2.23. The summed E-state index contributed by atoms with van der Waals surface area (Å²) < 4.78 is 0. The van der Waals surface area contributed by atoms with Crippen molar-refractivity contribution in [2.24, 2.45) is 17.4 Å². The van der Waals surface area contributed by atoms with Crippen LogP contribution in [-0.4, -0.2) is 13.1 Å². The molecule has 0 atom stereocenters. The van der Waals surface area contributed by atoms with Crippen molar-refractivity contribution in [2.75, 3.05) is 13.1 Å². The van der Waals surface area contributed by atoms with Crippen molar-refractivity contribution >= 4 is 46.4 Å². The summed E-state index contributed by atoms with van der Waals surface area (Å²) in [4.78, 5) is 0. The molecule has 96 valence electrons. The van der Waals surface area contributed by atoms with Crippen LogP contribution in [0.1, 0.15) is 12.0 Å². The van der Waals surface area contributed by atoms with Crippen molar-refractivity contribution in [3.63, 3.8) is 0 Å². The van der Waals surface area contributed by atoms with E-state index in [9.17, 15) is 0 Å². The zero-order valence-electron chi connectivity index (χ0n) is 9.15. The van der Waals surface area contributed by atoms with E-state index in [1.165, 1.54) is 0 Å². The van der Waals surface area contributed by atoms with Crippen LogP contribution in [0, 0.1) is 5.92 Å². The molecule has 0 aromatic heterocycles. The first-order valence-electron chi connectivity index (χ1n) is 5.23. The molecule has 1 rings (SSSR count). The molecule has 0 fully saturated rings. The van der Waals surface area contributed by atoms with Gasteiger partial charge in [-0.05, 0) is 43.5 Å². The van der Waals surface area contributed by atoms with Gasteiger partial charge in [0.15, 0.2) is 0 Å². The van der Waals surface area contributed by atoms with Crippen molar-refractivity contribution in [2.45, 2.75) is 12.8 Å². The van der Waals surface area contributed by atoms with E-state index in [4.69, 9.17) is 57.9 Å². The summed E-state index contributed by atoms with van der Waals surface area (Å²) in [6.45, 7) is 1.08. The van der Waals surface area contributed by atoms with Crippen molar-refractivity contribution in [1.29, 1.82) is 0 Å². The topological polar surface area (TPSA) is 52.0 Å². The van der Waals surface area contributed by atoms with Crippen LogP contribution >= 0.6 is 46.4 Å². The number of benzene rings is 1. The molecule has 0 bridgehead atoms. The molecule has 0 radical (unpaired) electrons. The normalized spacial score (nSPS) is 11.2. The summed E-state index contributed by atoms with van der Waals surface area (Å²) in [7, 11) is 0. The van der Waals surface area contributed by atoms with E-state index in [1.807, 2.05) is 0 Å². The predicted molar refractivity (Wildman–Crippen MR) is 76.4 cm³/mol. The summed E-state index contributed by atoms with van der Waals surface area (Å²) in [5, 5.41) is 1.73. The first kappa shape index (κ1) is 15.4. The minimum atomic E-state index is 0.250. The highest BCUT2D eigenvalue weighted by Crippen LogP contribution is 2.37. The fraction of sp³-hybridized carbons (Fsp3) is 0.455. The van der Waals surface area contributed by atoms with Crippen LogP contribution < -0.4 is 11.5 Å². The zero-order chi connectivity index (χ0) is 13.0. The van der Waals surface area contributed by atoms with Crippen molar-refractivity contribution < 1.29 is 0 Å². The molecule has 1 aromatic rings. The lowest BCUT2D eigenvalue weighted by atomic mass is 9.99. The van der Waals surface area contributed by atoms with Gasteiger partial charge in [-0.3, -0.25) is 0 Å². The molecule has 2 nitrogen and oxygen atoms in total. The molecule has 0 saturated carbocycles. The Morgan fingerprint density at radius 3 is 1.82 bits per heavy atom. The molecule has 0 spiro atoms. The van der Waals surface area contributed by atoms with Crippen LogP contribution in [0.4, 0.5) is 0 Å². The summed E-state index contributed by atoms with van der Waals surface area (Å²) in [6.07, 6.45) is 1.47. The third kappa shape index (κ3) is 3.88. The van der Waals surface area contributed by atoms with E-state index < -0.39 is 0 Å². The minimum Gasteiger partial charge on any atom is -0.330 e. The highest BCUT2D eigenvalue weighted by molar-refractivity contribution is 6.48. The van der Waals surface area contributed by atoms with Crippen molar-refractivity contribution in [1.82, 2.24) is 0 Å². The maximum atomic E-state index is 6.10. The molecule has 17 heavy (non-hydrogen) atoms. The summed E-state index contributed by atoms with van der Waals surface area (Å²) >= 11 is 24.1. The largest absolute Gasteiger partial charge is 0.330 e. The lowest BCUT2D eigenvalue weighted by molar-refractivity contribution is 0.508. The number of halogens is 4. The maximum Gasteiger partial charge on any atom is 0.0640 e. The molecule has 0 unspecified atom stereocenters. The average molecular weight is 316 g/mol. The smallest absolute Gasteiger partial charge is 0.0640 e. The molecule has 0 amide bonds. The molecule has 0 aliphatic heterocycles. The summed E-state index contributed by atoms with van der Waals surface area (Å²) in [5.74, 6) is 0.250. The number of nitrogens with two attached hydrogens (primary N) is 2. The summed E-state index contributed by atoms with van der Waals surface area (Å²) in [5.41, 5.74) is 11.9. The molecular formula is C11H14Cl4N2. The van der Waals surface area contributed by atoms with Gasteiger partial charge in [-0.2, -0.15) is 0 Å². The van der Waals surface area contributed by atoms with Crippen LogP contribution in [0.25, 0.3) is 0 Å². The second-order valence-electron chi connectivity index (χ2n) is 3.82. The van der Waals surface area contributed by atoms with Crippen molar-refractivity contribution in [3.05, 3.63) is 31.7 Å². The monoisotopic (exact) mass is 314 g/mol. The molecule has 0 saturated heterocycles. The Balaban J connectivity index is 2.90. The van der Waals surface area contributed by atoms with Crippen LogP contribution in [-0.2, 0) is 6.42 Å². The Kier molecular flexibility index (Phi) is 6.35. The van der Waals surface area contributed by atoms with Gasteiger partial charge in [0.1, 0.15) is 0 Å². The molecule has 0 aliphatic carbocycles. The van der Waals surface area contributed by atoms with E-state index in [0.29, 0.717) is 39.6 Å². The fourth-order valence-electron chi connectivity index (χ4n) is 1.52. The van der Waals surface area contributed by atoms with E-state index in [-0.39, 0.29) is 5.92 Å². The lowest BCUT2D eigenvalue weighted by Gasteiger charge is -2.14. The molecule has 0 aliphatic rings. The molecular weight excluding hydrogens is 302 g/mol. The van der Waals surface area contributed by atoms with Crippen LogP contribution in [0.2, 0.25) is 20.1 Å². The molecule has 6 heteroatoms. The average Bonchev–Trinajstić information content (AvgIpc) is 2.31. The Labute approximate surface area is 121 Å². The van der Waals surface area contributed by atoms with Gasteiger partial charge in [0.2, 0.25) is 0 Å². The van der Waals surface area contributed by atoms with Gasteiger partial charge in [0.25, 0.3) is 0 Å². The Morgan fingerprint density at radius 2 is 1.41 bits per heavy atom.